The summed E-state index contributed by atoms with van der Waals surface area (Å²) in [5.74, 6) is 0. The Morgan fingerprint density at radius 3 is 2.73 bits per heavy atom. The number of halogens is 2. The van der Waals surface area contributed by atoms with Crippen molar-refractivity contribution >= 4 is 27.5 Å². The first-order valence-corrected chi connectivity index (χ1v) is 4.47. The molecule has 0 amide bonds. The first-order valence-electron chi connectivity index (χ1n) is 3.29. The van der Waals surface area contributed by atoms with Gasteiger partial charge in [0.05, 0.1) is 0 Å². The summed E-state index contributed by atoms with van der Waals surface area (Å²) >= 11 is 9.26. The lowest BCUT2D eigenvalue weighted by molar-refractivity contribution is 1.05. The third kappa shape index (κ3) is 1.95. The molecule has 1 aromatic rings. The van der Waals surface area contributed by atoms with Gasteiger partial charge >= 0.3 is 0 Å². The quantitative estimate of drug-likeness (QED) is 0.794. The fraction of sp³-hybridized carbons (Fsp3) is 0.250. The molecule has 1 nitrogen and oxygen atoms in total. The van der Waals surface area contributed by atoms with Crippen LogP contribution in [-0.2, 0) is 6.54 Å². The Morgan fingerprint density at radius 2 is 2.18 bits per heavy atom. The molecule has 0 heterocycles. The number of nitrogens with two attached hydrogens (primary N) is 1. The van der Waals surface area contributed by atoms with Crippen molar-refractivity contribution in [1.82, 2.24) is 0 Å². The fourth-order valence-corrected chi connectivity index (χ4v) is 1.63. The Bertz CT molecular complexity index is 273. The minimum absolute atomic E-state index is 0.516. The number of benzene rings is 1. The molecule has 0 spiro atoms. The first kappa shape index (κ1) is 9.04. The average Bonchev–Trinajstić information content (AvgIpc) is 1.96. The van der Waals surface area contributed by atoms with Gasteiger partial charge in [0.2, 0.25) is 0 Å². The zero-order valence-electron chi connectivity index (χ0n) is 6.20. The zero-order valence-corrected chi connectivity index (χ0v) is 8.54. The van der Waals surface area contributed by atoms with Gasteiger partial charge in [0.15, 0.2) is 0 Å². The van der Waals surface area contributed by atoms with E-state index in [0.717, 1.165) is 20.6 Å². The molecule has 0 aromatic heterocycles. The largest absolute Gasteiger partial charge is 0.326 e. The van der Waals surface area contributed by atoms with Gasteiger partial charge in [-0.2, -0.15) is 0 Å². The van der Waals surface area contributed by atoms with Crippen LogP contribution in [0.3, 0.4) is 0 Å². The van der Waals surface area contributed by atoms with Gasteiger partial charge in [-0.25, -0.2) is 0 Å². The second-order valence-electron chi connectivity index (χ2n) is 2.40. The lowest BCUT2D eigenvalue weighted by Crippen LogP contribution is -1.98. The number of hydrogen-bond acceptors (Lipinski definition) is 1. The molecule has 0 bridgehead atoms. The third-order valence-electron chi connectivity index (χ3n) is 1.51. The molecule has 0 atom stereocenters. The van der Waals surface area contributed by atoms with Crippen LogP contribution in [-0.4, -0.2) is 0 Å². The van der Waals surface area contributed by atoms with Crippen molar-refractivity contribution in [2.75, 3.05) is 0 Å². The van der Waals surface area contributed by atoms with Crippen molar-refractivity contribution in [3.63, 3.8) is 0 Å². The number of hydrogen-bond donors (Lipinski definition) is 1. The first-order chi connectivity index (χ1) is 5.15. The highest BCUT2D eigenvalue weighted by Gasteiger charge is 2.02. The maximum absolute atomic E-state index is 5.82. The summed E-state index contributed by atoms with van der Waals surface area (Å²) in [5.41, 5.74) is 7.67. The van der Waals surface area contributed by atoms with E-state index in [4.69, 9.17) is 17.3 Å². The maximum atomic E-state index is 5.82. The van der Waals surface area contributed by atoms with E-state index < -0.39 is 0 Å². The molecule has 11 heavy (non-hydrogen) atoms. The highest BCUT2D eigenvalue weighted by atomic mass is 79.9. The molecular weight excluding hydrogens is 225 g/mol. The summed E-state index contributed by atoms with van der Waals surface area (Å²) in [4.78, 5) is 0. The van der Waals surface area contributed by atoms with Gasteiger partial charge in [-0.3, -0.25) is 0 Å². The molecule has 0 saturated carbocycles. The number of rotatable bonds is 1. The van der Waals surface area contributed by atoms with E-state index >= 15 is 0 Å². The highest BCUT2D eigenvalue weighted by Crippen LogP contribution is 2.25. The van der Waals surface area contributed by atoms with E-state index in [1.165, 1.54) is 0 Å². The molecule has 2 N–H and O–H groups in total. The van der Waals surface area contributed by atoms with Crippen LogP contribution in [0.25, 0.3) is 0 Å². The monoisotopic (exact) mass is 233 g/mol. The Morgan fingerprint density at radius 1 is 1.55 bits per heavy atom. The lowest BCUT2D eigenvalue weighted by atomic mass is 10.1. The predicted octanol–water partition coefficient (Wildman–Crippen LogP) is 2.87. The van der Waals surface area contributed by atoms with Crippen LogP contribution in [0.2, 0.25) is 5.02 Å². The van der Waals surface area contributed by atoms with Gasteiger partial charge in [0, 0.05) is 16.0 Å². The van der Waals surface area contributed by atoms with Crippen LogP contribution >= 0.6 is 27.5 Å². The van der Waals surface area contributed by atoms with Gasteiger partial charge in [0.1, 0.15) is 0 Å². The molecule has 0 unspecified atom stereocenters. The summed E-state index contributed by atoms with van der Waals surface area (Å²) in [7, 11) is 0. The van der Waals surface area contributed by atoms with Crippen LogP contribution in [0, 0.1) is 6.92 Å². The van der Waals surface area contributed by atoms with E-state index in [1.54, 1.807) is 0 Å². The predicted molar refractivity (Wildman–Crippen MR) is 51.8 cm³/mol. The molecule has 0 fully saturated rings. The van der Waals surface area contributed by atoms with Crippen LogP contribution in [0.1, 0.15) is 11.1 Å². The Labute approximate surface area is 79.7 Å². The molecular formula is C8H9BrClN. The second-order valence-corrected chi connectivity index (χ2v) is 3.63. The van der Waals surface area contributed by atoms with Crippen molar-refractivity contribution in [3.05, 3.63) is 32.8 Å². The maximum Gasteiger partial charge on any atom is 0.0412 e. The number of aryl methyl sites for hydroxylation is 1. The molecule has 0 saturated heterocycles. The van der Waals surface area contributed by atoms with Crippen molar-refractivity contribution < 1.29 is 0 Å². The summed E-state index contributed by atoms with van der Waals surface area (Å²) in [6.07, 6.45) is 0. The van der Waals surface area contributed by atoms with Gasteiger partial charge in [-0.05, 0) is 30.2 Å². The minimum atomic E-state index is 0.516. The van der Waals surface area contributed by atoms with Crippen molar-refractivity contribution in [3.8, 4) is 0 Å². The molecule has 0 radical (unpaired) electrons. The third-order valence-corrected chi connectivity index (χ3v) is 2.87. The Hall–Kier alpha value is -0.0500. The van der Waals surface area contributed by atoms with Gasteiger partial charge in [0.25, 0.3) is 0 Å². The molecule has 3 heteroatoms. The zero-order chi connectivity index (χ0) is 8.43. The molecule has 60 valence electrons. The van der Waals surface area contributed by atoms with Gasteiger partial charge in [-0.15, -0.1) is 0 Å². The Balaban J connectivity index is 3.24. The summed E-state index contributed by atoms with van der Waals surface area (Å²) in [6, 6.07) is 3.78. The molecule has 0 aliphatic rings. The van der Waals surface area contributed by atoms with Gasteiger partial charge in [-0.1, -0.05) is 27.5 Å². The minimum Gasteiger partial charge on any atom is -0.326 e. The summed E-state index contributed by atoms with van der Waals surface area (Å²) < 4.78 is 1.06. The van der Waals surface area contributed by atoms with Crippen molar-refractivity contribution in [2.45, 2.75) is 13.5 Å². The van der Waals surface area contributed by atoms with E-state index in [0.29, 0.717) is 6.54 Å². The van der Waals surface area contributed by atoms with Crippen LogP contribution in [0.15, 0.2) is 16.6 Å². The van der Waals surface area contributed by atoms with E-state index in [-0.39, 0.29) is 0 Å². The highest BCUT2D eigenvalue weighted by molar-refractivity contribution is 9.10. The second kappa shape index (κ2) is 3.57. The summed E-state index contributed by atoms with van der Waals surface area (Å²) in [5, 5.41) is 0.742. The SMILES string of the molecule is Cc1cc(Cl)cc(CN)c1Br. The van der Waals surface area contributed by atoms with Crippen LogP contribution < -0.4 is 5.73 Å². The van der Waals surface area contributed by atoms with Crippen molar-refractivity contribution in [2.24, 2.45) is 5.73 Å². The average molecular weight is 235 g/mol. The molecule has 0 aliphatic carbocycles. The lowest BCUT2D eigenvalue weighted by Gasteiger charge is -2.04. The molecule has 1 aromatic carbocycles. The van der Waals surface area contributed by atoms with Gasteiger partial charge < -0.3 is 5.73 Å². The van der Waals surface area contributed by atoms with E-state index in [9.17, 15) is 0 Å². The van der Waals surface area contributed by atoms with Crippen molar-refractivity contribution in [1.29, 1.82) is 0 Å². The Kier molecular flexibility index (Phi) is 2.93. The van der Waals surface area contributed by atoms with Crippen LogP contribution in [0.4, 0.5) is 0 Å². The normalized spacial score (nSPS) is 10.2. The molecule has 1 rings (SSSR count). The molecule has 0 aliphatic heterocycles. The fourth-order valence-electron chi connectivity index (χ4n) is 0.943. The topological polar surface area (TPSA) is 26.0 Å². The van der Waals surface area contributed by atoms with E-state index in [2.05, 4.69) is 15.9 Å². The van der Waals surface area contributed by atoms with E-state index in [1.807, 2.05) is 19.1 Å². The smallest absolute Gasteiger partial charge is 0.0412 e. The summed E-state index contributed by atoms with van der Waals surface area (Å²) in [6.45, 7) is 2.51. The van der Waals surface area contributed by atoms with Crippen LogP contribution in [0.5, 0.6) is 0 Å². The standard InChI is InChI=1S/C8H9BrClN/c1-5-2-7(10)3-6(4-11)8(5)9/h2-3H,4,11H2,1H3.